The highest BCUT2D eigenvalue weighted by Gasteiger charge is 2.20. The molecule has 0 aliphatic carbocycles. The van der Waals surface area contributed by atoms with Gasteiger partial charge in [-0.2, -0.15) is 0 Å². The number of aryl methyl sites for hydroxylation is 2. The number of hydrogen-bond acceptors (Lipinski definition) is 6. The predicted octanol–water partition coefficient (Wildman–Crippen LogP) is 4.30. The van der Waals surface area contributed by atoms with E-state index in [9.17, 15) is 14.9 Å². The van der Waals surface area contributed by atoms with Crippen molar-refractivity contribution in [2.24, 2.45) is 0 Å². The normalized spacial score (nSPS) is 10.3. The van der Waals surface area contributed by atoms with Gasteiger partial charge >= 0.3 is 11.8 Å². The SMILES string of the molecule is CCOC(=O)Nc1cc(NCCCCc2ccccc2)c([N+](=O)[O-])c(C)n1. The van der Waals surface area contributed by atoms with Crippen molar-refractivity contribution in [3.63, 3.8) is 0 Å². The standard InChI is InChI=1S/C19H24N4O4/c1-3-27-19(24)22-17-13-16(18(23(25)26)14(2)21-17)20-12-8-7-11-15-9-5-4-6-10-15/h4-6,9-10,13H,3,7-8,11-12H2,1-2H3,(H2,20,21,22,24). The number of pyridine rings is 1. The maximum absolute atomic E-state index is 11.6. The van der Waals surface area contributed by atoms with Crippen molar-refractivity contribution >= 4 is 23.3 Å². The maximum Gasteiger partial charge on any atom is 0.412 e. The van der Waals surface area contributed by atoms with Crippen LogP contribution in [-0.4, -0.2) is 29.2 Å². The largest absolute Gasteiger partial charge is 0.450 e. The first-order valence-corrected chi connectivity index (χ1v) is 8.89. The van der Waals surface area contributed by atoms with E-state index in [1.165, 1.54) is 18.6 Å². The zero-order valence-corrected chi connectivity index (χ0v) is 15.5. The van der Waals surface area contributed by atoms with Crippen LogP contribution in [0.4, 0.5) is 22.0 Å². The molecule has 8 nitrogen and oxygen atoms in total. The molecule has 27 heavy (non-hydrogen) atoms. The van der Waals surface area contributed by atoms with Gasteiger partial charge in [0.2, 0.25) is 0 Å². The first-order chi connectivity index (χ1) is 13.0. The number of rotatable bonds is 9. The lowest BCUT2D eigenvalue weighted by Crippen LogP contribution is -2.15. The van der Waals surface area contributed by atoms with Crippen LogP contribution in [0.5, 0.6) is 0 Å². The molecule has 2 aromatic rings. The Balaban J connectivity index is 1.98. The third kappa shape index (κ3) is 6.25. The minimum atomic E-state index is -0.646. The minimum absolute atomic E-state index is 0.0903. The van der Waals surface area contributed by atoms with Crippen LogP contribution in [-0.2, 0) is 11.2 Å². The molecule has 1 aromatic heterocycles. The number of carbonyl (C=O) groups is 1. The third-order valence-corrected chi connectivity index (χ3v) is 3.91. The fourth-order valence-corrected chi connectivity index (χ4v) is 2.69. The van der Waals surface area contributed by atoms with Crippen LogP contribution in [0.2, 0.25) is 0 Å². The quantitative estimate of drug-likeness (QED) is 0.386. The molecule has 1 aromatic carbocycles. The Morgan fingerprint density at radius 2 is 2.00 bits per heavy atom. The average molecular weight is 372 g/mol. The Hall–Kier alpha value is -3.16. The van der Waals surface area contributed by atoms with Gasteiger partial charge in [0, 0.05) is 12.6 Å². The van der Waals surface area contributed by atoms with E-state index in [-0.39, 0.29) is 23.8 Å². The molecular weight excluding hydrogens is 348 g/mol. The average Bonchev–Trinajstić information content (AvgIpc) is 2.61. The van der Waals surface area contributed by atoms with Crippen molar-refractivity contribution in [2.75, 3.05) is 23.8 Å². The van der Waals surface area contributed by atoms with E-state index < -0.39 is 11.0 Å². The number of anilines is 2. The Kier molecular flexibility index (Phi) is 7.54. The van der Waals surface area contributed by atoms with E-state index >= 15 is 0 Å². The van der Waals surface area contributed by atoms with Crippen LogP contribution in [0, 0.1) is 17.0 Å². The fourth-order valence-electron chi connectivity index (χ4n) is 2.69. The molecule has 1 amide bonds. The lowest BCUT2D eigenvalue weighted by molar-refractivity contribution is -0.384. The summed E-state index contributed by atoms with van der Waals surface area (Å²) in [5.74, 6) is 0.211. The van der Waals surface area contributed by atoms with Gasteiger partial charge in [-0.05, 0) is 38.7 Å². The van der Waals surface area contributed by atoms with Gasteiger partial charge in [0.1, 0.15) is 17.2 Å². The molecule has 0 atom stereocenters. The van der Waals surface area contributed by atoms with Crippen LogP contribution in [0.25, 0.3) is 0 Å². The number of carbonyl (C=O) groups excluding carboxylic acids is 1. The first kappa shape index (κ1) is 20.2. The molecular formula is C19H24N4O4. The third-order valence-electron chi connectivity index (χ3n) is 3.91. The molecule has 0 saturated heterocycles. The molecule has 0 saturated carbocycles. The van der Waals surface area contributed by atoms with Crippen LogP contribution in [0.1, 0.15) is 31.0 Å². The summed E-state index contributed by atoms with van der Waals surface area (Å²) in [5.41, 5.74) is 1.73. The smallest absolute Gasteiger partial charge is 0.412 e. The van der Waals surface area contributed by atoms with Crippen molar-refractivity contribution in [1.82, 2.24) is 4.98 Å². The Morgan fingerprint density at radius 1 is 1.26 bits per heavy atom. The van der Waals surface area contributed by atoms with Crippen molar-refractivity contribution < 1.29 is 14.5 Å². The molecule has 0 fully saturated rings. The monoisotopic (exact) mass is 372 g/mol. The molecule has 0 aliphatic rings. The van der Waals surface area contributed by atoms with Gasteiger partial charge in [-0.3, -0.25) is 15.4 Å². The van der Waals surface area contributed by atoms with Crippen LogP contribution in [0.3, 0.4) is 0 Å². The Labute approximate surface area is 158 Å². The van der Waals surface area contributed by atoms with Gasteiger partial charge in [0.15, 0.2) is 0 Å². The van der Waals surface area contributed by atoms with E-state index in [2.05, 4.69) is 27.8 Å². The fraction of sp³-hybridized carbons (Fsp3) is 0.368. The van der Waals surface area contributed by atoms with Crippen molar-refractivity contribution in [3.05, 3.63) is 57.8 Å². The summed E-state index contributed by atoms with van der Waals surface area (Å²) in [5, 5.41) is 16.9. The highest BCUT2D eigenvalue weighted by Crippen LogP contribution is 2.29. The van der Waals surface area contributed by atoms with Crippen molar-refractivity contribution in [3.8, 4) is 0 Å². The highest BCUT2D eigenvalue weighted by atomic mass is 16.6. The number of nitrogens with one attached hydrogen (secondary N) is 2. The number of unbranched alkanes of at least 4 members (excludes halogenated alkanes) is 1. The molecule has 144 valence electrons. The predicted molar refractivity (Wildman–Crippen MR) is 104 cm³/mol. The molecule has 0 spiro atoms. The topological polar surface area (TPSA) is 106 Å². The van der Waals surface area contributed by atoms with Gasteiger partial charge in [0.05, 0.1) is 11.5 Å². The zero-order chi connectivity index (χ0) is 19.6. The van der Waals surface area contributed by atoms with E-state index in [1.54, 1.807) is 6.92 Å². The number of amides is 1. The molecule has 0 radical (unpaired) electrons. The van der Waals surface area contributed by atoms with Gasteiger partial charge in [0.25, 0.3) is 0 Å². The second-order valence-electron chi connectivity index (χ2n) is 5.96. The molecule has 2 rings (SSSR count). The molecule has 0 aliphatic heterocycles. The van der Waals surface area contributed by atoms with Crippen LogP contribution >= 0.6 is 0 Å². The Morgan fingerprint density at radius 3 is 2.67 bits per heavy atom. The maximum atomic E-state index is 11.6. The summed E-state index contributed by atoms with van der Waals surface area (Å²) >= 11 is 0. The molecule has 1 heterocycles. The summed E-state index contributed by atoms with van der Waals surface area (Å²) in [6.45, 7) is 4.03. The van der Waals surface area contributed by atoms with Crippen LogP contribution < -0.4 is 10.6 Å². The lowest BCUT2D eigenvalue weighted by atomic mass is 10.1. The number of benzene rings is 1. The van der Waals surface area contributed by atoms with E-state index in [1.807, 2.05) is 18.2 Å². The van der Waals surface area contributed by atoms with Gasteiger partial charge in [-0.15, -0.1) is 0 Å². The molecule has 0 unspecified atom stereocenters. The van der Waals surface area contributed by atoms with Gasteiger partial charge < -0.3 is 10.1 Å². The summed E-state index contributed by atoms with van der Waals surface area (Å²) in [4.78, 5) is 26.5. The second-order valence-corrected chi connectivity index (χ2v) is 5.96. The van der Waals surface area contributed by atoms with Crippen LogP contribution in [0.15, 0.2) is 36.4 Å². The van der Waals surface area contributed by atoms with Crippen molar-refractivity contribution in [1.29, 1.82) is 0 Å². The number of nitrogens with zero attached hydrogens (tertiary/aromatic N) is 2. The van der Waals surface area contributed by atoms with E-state index in [0.29, 0.717) is 12.2 Å². The summed E-state index contributed by atoms with van der Waals surface area (Å²) in [6.07, 6.45) is 2.12. The second kappa shape index (κ2) is 10.1. The number of aromatic nitrogens is 1. The molecule has 8 heteroatoms. The number of ether oxygens (including phenoxy) is 1. The van der Waals surface area contributed by atoms with Gasteiger partial charge in [-0.25, -0.2) is 9.78 Å². The van der Waals surface area contributed by atoms with Gasteiger partial charge in [-0.1, -0.05) is 30.3 Å². The highest BCUT2D eigenvalue weighted by molar-refractivity contribution is 5.85. The van der Waals surface area contributed by atoms with E-state index in [4.69, 9.17) is 4.74 Å². The Bertz CT molecular complexity index is 781. The van der Waals surface area contributed by atoms with E-state index in [0.717, 1.165) is 19.3 Å². The van der Waals surface area contributed by atoms with Crippen molar-refractivity contribution in [2.45, 2.75) is 33.1 Å². The zero-order valence-electron chi connectivity index (χ0n) is 15.5. The minimum Gasteiger partial charge on any atom is -0.450 e. The summed E-state index contributed by atoms with van der Waals surface area (Å²) in [7, 11) is 0. The number of nitro groups is 1. The molecule has 2 N–H and O–H groups in total. The summed E-state index contributed by atoms with van der Waals surface area (Å²) in [6, 6.07) is 11.6. The first-order valence-electron chi connectivity index (χ1n) is 8.89. The molecule has 0 bridgehead atoms. The summed E-state index contributed by atoms with van der Waals surface area (Å²) < 4.78 is 4.81. The number of hydrogen-bond donors (Lipinski definition) is 2. The lowest BCUT2D eigenvalue weighted by Gasteiger charge is -2.11.